The Bertz CT molecular complexity index is 787. The van der Waals surface area contributed by atoms with E-state index in [-0.39, 0.29) is 17.3 Å². The number of aliphatic hydroxyl groups is 1. The zero-order valence-corrected chi connectivity index (χ0v) is 15.7. The summed E-state index contributed by atoms with van der Waals surface area (Å²) in [6.07, 6.45) is 5.76. The van der Waals surface area contributed by atoms with E-state index in [1.165, 1.54) is 6.20 Å². The standard InChI is InChI=1S/C17H22BrFN4O2/c1-2-17(5-3-6-17)15-13(18)14(19)11-8-20-16(22-23(11)15)21-10-4-7-25-9-12(10)24/h8,10,12,24H,2-7,9H2,1H3,(H,21,22)/t10-,12-/m1/s1. The molecule has 4 rings (SSSR count). The number of rotatable bonds is 4. The van der Waals surface area contributed by atoms with Gasteiger partial charge in [-0.05, 0) is 41.6 Å². The van der Waals surface area contributed by atoms with Crippen LogP contribution < -0.4 is 5.32 Å². The van der Waals surface area contributed by atoms with Crippen LogP contribution in [-0.2, 0) is 10.2 Å². The van der Waals surface area contributed by atoms with Crippen LogP contribution in [0.3, 0.4) is 0 Å². The van der Waals surface area contributed by atoms with Gasteiger partial charge in [-0.2, -0.15) is 0 Å². The maximum atomic E-state index is 14.7. The average molecular weight is 413 g/mol. The predicted octanol–water partition coefficient (Wildman–Crippen LogP) is 3.02. The summed E-state index contributed by atoms with van der Waals surface area (Å²) < 4.78 is 22.1. The number of nitrogens with one attached hydrogen (secondary N) is 1. The number of aromatic nitrogens is 3. The lowest BCUT2D eigenvalue weighted by atomic mass is 9.65. The molecule has 2 atom stereocenters. The largest absolute Gasteiger partial charge is 0.389 e. The van der Waals surface area contributed by atoms with Crippen molar-refractivity contribution < 1.29 is 14.2 Å². The fourth-order valence-electron chi connectivity index (χ4n) is 3.92. The Hall–Kier alpha value is -1.25. The van der Waals surface area contributed by atoms with Crippen molar-refractivity contribution in [3.05, 3.63) is 22.2 Å². The van der Waals surface area contributed by atoms with Gasteiger partial charge in [0.25, 0.3) is 0 Å². The lowest BCUT2D eigenvalue weighted by Gasteiger charge is -2.41. The lowest BCUT2D eigenvalue weighted by molar-refractivity contribution is -0.0136. The highest BCUT2D eigenvalue weighted by Crippen LogP contribution is 2.49. The van der Waals surface area contributed by atoms with Crippen molar-refractivity contribution in [2.45, 2.75) is 56.6 Å². The van der Waals surface area contributed by atoms with Gasteiger partial charge < -0.3 is 15.2 Å². The Morgan fingerprint density at radius 3 is 2.96 bits per heavy atom. The topological polar surface area (TPSA) is 71.7 Å². The maximum Gasteiger partial charge on any atom is 0.241 e. The minimum absolute atomic E-state index is 0.0318. The number of hydrogen-bond acceptors (Lipinski definition) is 5. The average Bonchev–Trinajstić information content (AvgIpc) is 2.82. The van der Waals surface area contributed by atoms with Gasteiger partial charge in [0.15, 0.2) is 5.82 Å². The Morgan fingerprint density at radius 1 is 1.52 bits per heavy atom. The normalized spacial score (nSPS) is 25.8. The first-order valence-electron chi connectivity index (χ1n) is 8.81. The Kier molecular flexibility index (Phi) is 4.45. The third kappa shape index (κ3) is 2.74. The van der Waals surface area contributed by atoms with Gasteiger partial charge in [0.05, 0.1) is 35.1 Å². The molecule has 0 bridgehead atoms. The van der Waals surface area contributed by atoms with Crippen LogP contribution in [0.4, 0.5) is 10.3 Å². The van der Waals surface area contributed by atoms with Crippen LogP contribution in [0.15, 0.2) is 10.7 Å². The van der Waals surface area contributed by atoms with Gasteiger partial charge in [0, 0.05) is 12.0 Å². The summed E-state index contributed by atoms with van der Waals surface area (Å²) in [4.78, 5) is 4.25. The molecule has 2 N–H and O–H groups in total. The number of aliphatic hydroxyl groups excluding tert-OH is 1. The maximum absolute atomic E-state index is 14.7. The number of hydrogen-bond donors (Lipinski definition) is 2. The van der Waals surface area contributed by atoms with E-state index in [2.05, 4.69) is 38.3 Å². The molecule has 3 heterocycles. The van der Waals surface area contributed by atoms with E-state index >= 15 is 0 Å². The predicted molar refractivity (Wildman–Crippen MR) is 95.3 cm³/mol. The molecule has 2 aromatic rings. The second-order valence-corrected chi connectivity index (χ2v) is 7.82. The summed E-state index contributed by atoms with van der Waals surface area (Å²) >= 11 is 3.44. The van der Waals surface area contributed by atoms with Gasteiger partial charge in [0.2, 0.25) is 5.95 Å². The molecule has 1 saturated heterocycles. The molecule has 0 amide bonds. The highest BCUT2D eigenvalue weighted by Gasteiger charge is 2.42. The van der Waals surface area contributed by atoms with Crippen molar-refractivity contribution in [1.82, 2.24) is 14.6 Å². The molecule has 0 radical (unpaired) electrons. The monoisotopic (exact) mass is 412 g/mol. The van der Waals surface area contributed by atoms with Crippen LogP contribution in [0, 0.1) is 5.82 Å². The highest BCUT2D eigenvalue weighted by atomic mass is 79.9. The quantitative estimate of drug-likeness (QED) is 0.807. The number of ether oxygens (including phenoxy) is 1. The summed E-state index contributed by atoms with van der Waals surface area (Å²) in [6, 6.07) is -0.165. The van der Waals surface area contributed by atoms with E-state index in [0.717, 1.165) is 31.4 Å². The molecule has 0 unspecified atom stereocenters. The molecule has 2 aromatic heterocycles. The van der Waals surface area contributed by atoms with Crippen LogP contribution in [0.1, 0.15) is 44.7 Å². The van der Waals surface area contributed by atoms with Crippen molar-refractivity contribution >= 4 is 27.4 Å². The summed E-state index contributed by atoms with van der Waals surface area (Å²) in [6.45, 7) is 3.03. The van der Waals surface area contributed by atoms with Gasteiger partial charge >= 0.3 is 0 Å². The first-order chi connectivity index (χ1) is 12.1. The highest BCUT2D eigenvalue weighted by molar-refractivity contribution is 9.10. The zero-order chi connectivity index (χ0) is 17.6. The number of anilines is 1. The van der Waals surface area contributed by atoms with Crippen molar-refractivity contribution in [2.24, 2.45) is 0 Å². The molecule has 0 spiro atoms. The number of halogens is 2. The Labute approximate surface area is 153 Å². The third-order valence-electron chi connectivity index (χ3n) is 5.70. The van der Waals surface area contributed by atoms with Crippen molar-refractivity contribution in [3.8, 4) is 0 Å². The number of fused-ring (bicyclic) bond motifs is 1. The fourth-order valence-corrected chi connectivity index (χ4v) is 4.71. The van der Waals surface area contributed by atoms with Crippen molar-refractivity contribution in [2.75, 3.05) is 18.5 Å². The molecule has 25 heavy (non-hydrogen) atoms. The van der Waals surface area contributed by atoms with Gasteiger partial charge in [-0.15, -0.1) is 5.10 Å². The van der Waals surface area contributed by atoms with Gasteiger partial charge in [0.1, 0.15) is 5.52 Å². The summed E-state index contributed by atoms with van der Waals surface area (Å²) in [5, 5.41) is 17.8. The molecule has 8 heteroatoms. The minimum atomic E-state index is -0.603. The molecule has 1 aliphatic carbocycles. The molecule has 6 nitrogen and oxygen atoms in total. The van der Waals surface area contributed by atoms with E-state index in [4.69, 9.17) is 4.74 Å². The van der Waals surface area contributed by atoms with Gasteiger partial charge in [-0.1, -0.05) is 13.3 Å². The van der Waals surface area contributed by atoms with Gasteiger partial charge in [-0.3, -0.25) is 0 Å². The molecule has 2 fully saturated rings. The summed E-state index contributed by atoms with van der Waals surface area (Å²) in [5.74, 6) is 0.0835. The molecule has 1 aliphatic heterocycles. The smallest absolute Gasteiger partial charge is 0.241 e. The second kappa shape index (κ2) is 6.48. The number of nitrogens with zero attached hydrogens (tertiary/aromatic N) is 3. The Balaban J connectivity index is 1.74. The second-order valence-electron chi connectivity index (χ2n) is 7.02. The third-order valence-corrected chi connectivity index (χ3v) is 6.42. The van der Waals surface area contributed by atoms with Crippen molar-refractivity contribution in [3.63, 3.8) is 0 Å². The van der Waals surface area contributed by atoms with Crippen LogP contribution in [-0.4, -0.2) is 45.1 Å². The summed E-state index contributed by atoms with van der Waals surface area (Å²) in [5.41, 5.74) is 1.24. The van der Waals surface area contributed by atoms with E-state index in [0.29, 0.717) is 35.6 Å². The van der Waals surface area contributed by atoms with E-state index in [1.54, 1.807) is 4.52 Å². The summed E-state index contributed by atoms with van der Waals surface area (Å²) in [7, 11) is 0. The lowest BCUT2D eigenvalue weighted by Crippen LogP contribution is -2.42. The SMILES string of the molecule is CCC1(c2c(Br)c(F)c3cnc(N[C@@H]4CCOC[C@H]4O)nn23)CCC1. The van der Waals surface area contributed by atoms with E-state index in [1.807, 2.05) is 0 Å². The molecule has 2 aliphatic rings. The minimum Gasteiger partial charge on any atom is -0.389 e. The van der Waals surface area contributed by atoms with Crippen LogP contribution in [0.5, 0.6) is 0 Å². The van der Waals surface area contributed by atoms with Crippen LogP contribution in [0.25, 0.3) is 5.52 Å². The Morgan fingerprint density at radius 2 is 2.32 bits per heavy atom. The first kappa shape index (κ1) is 17.2. The molecule has 136 valence electrons. The molecular weight excluding hydrogens is 391 g/mol. The van der Waals surface area contributed by atoms with Gasteiger partial charge in [-0.25, -0.2) is 13.9 Å². The van der Waals surface area contributed by atoms with Crippen LogP contribution >= 0.6 is 15.9 Å². The molecule has 1 saturated carbocycles. The zero-order valence-electron chi connectivity index (χ0n) is 14.1. The van der Waals surface area contributed by atoms with Crippen molar-refractivity contribution in [1.29, 1.82) is 0 Å². The van der Waals surface area contributed by atoms with Crippen LogP contribution in [0.2, 0.25) is 0 Å². The van der Waals surface area contributed by atoms with E-state index in [9.17, 15) is 9.50 Å². The fraction of sp³-hybridized carbons (Fsp3) is 0.647. The molecule has 0 aromatic carbocycles. The first-order valence-corrected chi connectivity index (χ1v) is 9.60. The molecular formula is C17H22BrFN4O2. The van der Waals surface area contributed by atoms with E-state index < -0.39 is 6.10 Å².